The molecule has 3 atom stereocenters. The second-order valence-electron chi connectivity index (χ2n) is 7.08. The molecule has 3 heterocycles. The van der Waals surface area contributed by atoms with E-state index in [9.17, 15) is 0 Å². The number of hydrogen-bond acceptors (Lipinski definition) is 1. The second-order valence-corrected chi connectivity index (χ2v) is 7.08. The molecule has 0 amide bonds. The molecule has 0 N–H and O–H groups in total. The van der Waals surface area contributed by atoms with Crippen LogP contribution in [0.4, 0.5) is 0 Å². The summed E-state index contributed by atoms with van der Waals surface area (Å²) in [5, 5.41) is 0. The minimum absolute atomic E-state index is 0.0548. The number of pyridine rings is 1. The minimum Gasteiger partial charge on any atom is -0.276 e. The highest BCUT2D eigenvalue weighted by Crippen LogP contribution is 2.49. The van der Waals surface area contributed by atoms with Crippen molar-refractivity contribution in [2.24, 2.45) is 4.99 Å². The van der Waals surface area contributed by atoms with Gasteiger partial charge in [-0.25, -0.2) is 0 Å². The first-order valence-corrected chi connectivity index (χ1v) is 9.35. The molecule has 27 heavy (non-hydrogen) atoms. The van der Waals surface area contributed by atoms with Crippen LogP contribution in [0.1, 0.15) is 34.7 Å². The number of hydrogen-bond donors (Lipinski definition) is 0. The van der Waals surface area contributed by atoms with Gasteiger partial charge in [-0.2, -0.15) is 4.57 Å². The molecule has 2 nitrogen and oxygen atoms in total. The number of benzene rings is 2. The van der Waals surface area contributed by atoms with Crippen LogP contribution in [0.3, 0.4) is 0 Å². The largest absolute Gasteiger partial charge is 0.276 e. The Morgan fingerprint density at radius 1 is 0.815 bits per heavy atom. The van der Waals surface area contributed by atoms with Crippen LogP contribution in [0.2, 0.25) is 0 Å². The lowest BCUT2D eigenvalue weighted by molar-refractivity contribution is -0.707. The van der Waals surface area contributed by atoms with Crippen molar-refractivity contribution in [1.82, 2.24) is 0 Å². The van der Waals surface area contributed by atoms with Gasteiger partial charge in [0.15, 0.2) is 12.2 Å². The number of nitrogens with zero attached hydrogens (tertiary/aromatic N) is 2. The summed E-state index contributed by atoms with van der Waals surface area (Å²) in [7, 11) is 0. The molecule has 0 spiro atoms. The summed E-state index contributed by atoms with van der Waals surface area (Å²) in [6.07, 6.45) is 6.09. The summed E-state index contributed by atoms with van der Waals surface area (Å²) < 4.78 is 2.34. The molecule has 0 radical (unpaired) electrons. The highest BCUT2D eigenvalue weighted by molar-refractivity contribution is 6.11. The van der Waals surface area contributed by atoms with Gasteiger partial charge in [0.2, 0.25) is 5.69 Å². The van der Waals surface area contributed by atoms with Gasteiger partial charge in [0.1, 0.15) is 0 Å². The molecule has 1 aromatic heterocycles. The van der Waals surface area contributed by atoms with Crippen molar-refractivity contribution in [2.45, 2.75) is 18.0 Å². The predicted molar refractivity (Wildman–Crippen MR) is 110 cm³/mol. The normalized spacial score (nSPS) is 22.2. The summed E-state index contributed by atoms with van der Waals surface area (Å²) in [4.78, 5) is 5.11. The van der Waals surface area contributed by atoms with Crippen molar-refractivity contribution < 1.29 is 4.57 Å². The summed E-state index contributed by atoms with van der Waals surface area (Å²) >= 11 is 0. The Bertz CT molecular complexity index is 1090. The highest BCUT2D eigenvalue weighted by atomic mass is 15.0. The van der Waals surface area contributed by atoms with Crippen LogP contribution in [-0.4, -0.2) is 5.71 Å². The zero-order chi connectivity index (χ0) is 18.4. The van der Waals surface area contributed by atoms with Crippen LogP contribution in [0.25, 0.3) is 11.3 Å². The fourth-order valence-corrected chi connectivity index (χ4v) is 4.65. The average Bonchev–Trinajstić information content (AvgIpc) is 3.11. The molecule has 0 aliphatic carbocycles. The first-order valence-electron chi connectivity index (χ1n) is 9.35. The van der Waals surface area contributed by atoms with E-state index in [1.54, 1.807) is 0 Å². The highest BCUT2D eigenvalue weighted by Gasteiger charge is 2.44. The number of allylic oxidation sites excluding steroid dienone is 2. The van der Waals surface area contributed by atoms with Crippen LogP contribution in [0.5, 0.6) is 0 Å². The Labute approximate surface area is 159 Å². The summed E-state index contributed by atoms with van der Waals surface area (Å²) in [6.45, 7) is 8.17. The van der Waals surface area contributed by atoms with Crippen molar-refractivity contribution in [2.75, 3.05) is 0 Å². The lowest BCUT2D eigenvalue weighted by atomic mass is 9.76. The van der Waals surface area contributed by atoms with Gasteiger partial charge in [-0.1, -0.05) is 55.6 Å². The summed E-state index contributed by atoms with van der Waals surface area (Å²) in [6, 6.07) is 23.8. The molecule has 2 aromatic carbocycles. The van der Waals surface area contributed by atoms with Crippen LogP contribution in [0, 0.1) is 0 Å². The van der Waals surface area contributed by atoms with Gasteiger partial charge < -0.3 is 0 Å². The zero-order valence-corrected chi connectivity index (χ0v) is 15.1. The van der Waals surface area contributed by atoms with Gasteiger partial charge in [0.05, 0.1) is 17.7 Å². The van der Waals surface area contributed by atoms with E-state index in [1.165, 1.54) is 27.9 Å². The van der Waals surface area contributed by atoms with E-state index in [-0.39, 0.29) is 18.0 Å². The lowest BCUT2D eigenvalue weighted by Crippen LogP contribution is -2.47. The molecule has 130 valence electrons. The number of fused-ring (bicyclic) bond motifs is 4. The SMILES string of the molecule is C=CC1=NC(C2c3ccccc3-c3cccc[n+]3C2C=C)c2ccccc21. The van der Waals surface area contributed by atoms with E-state index in [1.807, 2.05) is 6.08 Å². The maximum absolute atomic E-state index is 5.11. The van der Waals surface area contributed by atoms with Crippen molar-refractivity contribution in [3.8, 4) is 11.3 Å². The molecule has 5 rings (SSSR count). The monoisotopic (exact) mass is 349 g/mol. The molecule has 0 bridgehead atoms. The maximum atomic E-state index is 5.11. The summed E-state index contributed by atoms with van der Waals surface area (Å²) in [5.41, 5.74) is 7.30. The van der Waals surface area contributed by atoms with Crippen LogP contribution in [-0.2, 0) is 0 Å². The Morgan fingerprint density at radius 2 is 1.52 bits per heavy atom. The molecule has 0 saturated carbocycles. The minimum atomic E-state index is 0.0548. The van der Waals surface area contributed by atoms with Crippen LogP contribution < -0.4 is 4.57 Å². The van der Waals surface area contributed by atoms with Gasteiger partial charge in [0.25, 0.3) is 0 Å². The Kier molecular flexibility index (Phi) is 3.64. The topological polar surface area (TPSA) is 16.2 Å². The van der Waals surface area contributed by atoms with E-state index < -0.39 is 0 Å². The smallest absolute Gasteiger partial charge is 0.213 e. The van der Waals surface area contributed by atoms with E-state index >= 15 is 0 Å². The lowest BCUT2D eigenvalue weighted by Gasteiger charge is -2.32. The van der Waals surface area contributed by atoms with Gasteiger partial charge in [-0.05, 0) is 35.4 Å². The van der Waals surface area contributed by atoms with E-state index in [2.05, 4.69) is 96.7 Å². The van der Waals surface area contributed by atoms with E-state index in [0.29, 0.717) is 0 Å². The molecule has 0 saturated heterocycles. The average molecular weight is 349 g/mol. The van der Waals surface area contributed by atoms with Gasteiger partial charge >= 0.3 is 0 Å². The van der Waals surface area contributed by atoms with Gasteiger partial charge in [-0.15, -0.1) is 0 Å². The first kappa shape index (κ1) is 16.0. The Hall–Kier alpha value is -3.26. The van der Waals surface area contributed by atoms with Crippen molar-refractivity contribution >= 4 is 5.71 Å². The van der Waals surface area contributed by atoms with E-state index in [4.69, 9.17) is 4.99 Å². The number of aromatic nitrogens is 1. The van der Waals surface area contributed by atoms with Crippen molar-refractivity contribution in [3.05, 3.63) is 115 Å². The Balaban J connectivity index is 1.77. The predicted octanol–water partition coefficient (Wildman–Crippen LogP) is 5.20. The van der Waals surface area contributed by atoms with Crippen molar-refractivity contribution in [3.63, 3.8) is 0 Å². The standard InChI is InChI=1S/C25H21N2/c1-3-21-17-11-5-8-14-20(17)25(26-21)24-19-13-7-6-12-18(19)23-15-9-10-16-27(23)22(24)4-2/h3-16,22,24-25H,1-2H2/q+1. The molecular weight excluding hydrogens is 328 g/mol. The molecule has 0 fully saturated rings. The number of aliphatic imine (C=N–C) groups is 1. The molecule has 2 aliphatic heterocycles. The molecular formula is C25H21N2+. The molecule has 2 heteroatoms. The summed E-state index contributed by atoms with van der Waals surface area (Å²) in [5.74, 6) is 0.192. The molecule has 2 aliphatic rings. The third-order valence-electron chi connectivity index (χ3n) is 5.78. The van der Waals surface area contributed by atoms with E-state index in [0.717, 1.165) is 5.71 Å². The number of rotatable bonds is 3. The first-order chi connectivity index (χ1) is 13.3. The quantitative estimate of drug-likeness (QED) is 0.457. The zero-order valence-electron chi connectivity index (χ0n) is 15.1. The van der Waals surface area contributed by atoms with Gasteiger partial charge in [0, 0.05) is 23.3 Å². The Morgan fingerprint density at radius 3 is 2.30 bits per heavy atom. The molecule has 3 unspecified atom stereocenters. The maximum Gasteiger partial charge on any atom is 0.213 e. The fraction of sp³-hybridized carbons (Fsp3) is 0.120. The third-order valence-corrected chi connectivity index (χ3v) is 5.78. The molecule has 3 aromatic rings. The second kappa shape index (κ2) is 6.17. The van der Waals surface area contributed by atoms with Gasteiger partial charge in [-0.3, -0.25) is 4.99 Å². The van der Waals surface area contributed by atoms with Crippen LogP contribution >= 0.6 is 0 Å². The third kappa shape index (κ3) is 2.26. The fourth-order valence-electron chi connectivity index (χ4n) is 4.65. The van der Waals surface area contributed by atoms with Crippen molar-refractivity contribution in [1.29, 1.82) is 0 Å². The van der Waals surface area contributed by atoms with Crippen LogP contribution in [0.15, 0.2) is 103 Å².